The van der Waals surface area contributed by atoms with Gasteiger partial charge in [0.05, 0.1) is 25.8 Å². The molecule has 2 aromatic rings. The fraction of sp³-hybridized carbons (Fsp3) is 0.550. The summed E-state index contributed by atoms with van der Waals surface area (Å²) in [6.45, 7) is 2.14. The molecule has 178 valence electrons. The van der Waals surface area contributed by atoms with Crippen molar-refractivity contribution in [3.05, 3.63) is 12.7 Å². The number of aromatic nitrogens is 4. The third kappa shape index (κ3) is 5.68. The molecule has 33 heavy (non-hydrogen) atoms. The Labute approximate surface area is 188 Å². The van der Waals surface area contributed by atoms with Crippen LogP contribution in [-0.4, -0.2) is 73.0 Å². The van der Waals surface area contributed by atoms with Gasteiger partial charge in [-0.1, -0.05) is 0 Å². The second-order valence-electron chi connectivity index (χ2n) is 7.64. The highest BCUT2D eigenvalue weighted by atomic mass is 16.6. The highest BCUT2D eigenvalue weighted by Gasteiger charge is 2.50. The average Bonchev–Trinajstić information content (AvgIpc) is 3.33. The molecule has 4 atom stereocenters. The Balaban J connectivity index is 1.91. The Morgan fingerprint density at radius 3 is 2.18 bits per heavy atom. The number of aliphatic hydroxyl groups excluding tert-OH is 1. The van der Waals surface area contributed by atoms with E-state index < -0.39 is 43.1 Å². The molecule has 0 aromatic carbocycles. The van der Waals surface area contributed by atoms with Crippen LogP contribution in [0.4, 0.5) is 5.82 Å². The van der Waals surface area contributed by atoms with E-state index in [4.69, 9.17) is 19.9 Å². The summed E-state index contributed by atoms with van der Waals surface area (Å²) in [5, 5.41) is 9.84. The van der Waals surface area contributed by atoms with E-state index in [1.807, 2.05) is 0 Å². The number of hydrogen-bond acceptors (Lipinski definition) is 12. The number of ether oxygens (including phenoxy) is 3. The number of Topliss-reactive ketones (excluding diaryl/α,β-unsaturated/α-hetero) is 2. The van der Waals surface area contributed by atoms with E-state index in [9.17, 15) is 24.3 Å². The third-order valence-corrected chi connectivity index (χ3v) is 5.02. The monoisotopic (exact) mass is 463 g/mol. The SMILES string of the molecule is CC(=O)CCC(=O)O[C@H]1C(CO)OC(n2cnc3c(N)ncnc32)[C@@H]1OC(=O)CCC(C)=O. The van der Waals surface area contributed by atoms with Gasteiger partial charge < -0.3 is 34.6 Å². The fourth-order valence-corrected chi connectivity index (χ4v) is 3.38. The second-order valence-corrected chi connectivity index (χ2v) is 7.64. The minimum Gasteiger partial charge on any atom is -0.455 e. The van der Waals surface area contributed by atoms with Gasteiger partial charge in [-0.25, -0.2) is 15.0 Å². The Morgan fingerprint density at radius 1 is 1.00 bits per heavy atom. The third-order valence-electron chi connectivity index (χ3n) is 5.02. The molecule has 0 radical (unpaired) electrons. The lowest BCUT2D eigenvalue weighted by Crippen LogP contribution is -2.40. The molecular weight excluding hydrogens is 438 g/mol. The summed E-state index contributed by atoms with van der Waals surface area (Å²) in [5.41, 5.74) is 6.39. The predicted octanol–water partition coefficient (Wildman–Crippen LogP) is -0.140. The van der Waals surface area contributed by atoms with Gasteiger partial charge in [-0.05, 0) is 13.8 Å². The number of hydrogen-bond donors (Lipinski definition) is 2. The van der Waals surface area contributed by atoms with E-state index in [1.54, 1.807) is 0 Å². The molecule has 1 aliphatic heterocycles. The van der Waals surface area contributed by atoms with Crippen molar-refractivity contribution in [2.45, 2.75) is 64.1 Å². The van der Waals surface area contributed by atoms with Crippen LogP contribution in [0.15, 0.2) is 12.7 Å². The van der Waals surface area contributed by atoms with E-state index in [2.05, 4.69) is 15.0 Å². The molecule has 1 aliphatic rings. The molecule has 0 bridgehead atoms. The standard InChI is InChI=1S/C20H25N5O8/c1-10(27)3-5-13(29)32-16-12(7-26)31-20(17(16)33-14(30)6-4-11(2)28)25-9-24-15-18(21)22-8-23-19(15)25/h8-9,12,16-17,20,26H,3-7H2,1-2H3,(H2,21,22,23)/t12?,16-,17+,20?/m0/s1. The van der Waals surface area contributed by atoms with Gasteiger partial charge in [0.2, 0.25) is 0 Å². The van der Waals surface area contributed by atoms with Gasteiger partial charge in [-0.3, -0.25) is 14.2 Å². The van der Waals surface area contributed by atoms with Crippen molar-refractivity contribution in [1.29, 1.82) is 0 Å². The number of esters is 2. The minimum absolute atomic E-state index is 0.0228. The van der Waals surface area contributed by atoms with Crippen LogP contribution < -0.4 is 5.73 Å². The normalized spacial score (nSPS) is 22.3. The summed E-state index contributed by atoms with van der Waals surface area (Å²) >= 11 is 0. The van der Waals surface area contributed by atoms with Crippen molar-refractivity contribution in [1.82, 2.24) is 19.5 Å². The maximum atomic E-state index is 12.4. The summed E-state index contributed by atoms with van der Waals surface area (Å²) in [6, 6.07) is 0. The lowest BCUT2D eigenvalue weighted by molar-refractivity contribution is -0.169. The molecule has 2 unspecified atom stereocenters. The number of carbonyl (C=O) groups is 4. The zero-order chi connectivity index (χ0) is 24.1. The molecule has 3 rings (SSSR count). The number of nitrogen functional groups attached to an aromatic ring is 1. The van der Waals surface area contributed by atoms with Gasteiger partial charge in [0.15, 0.2) is 29.9 Å². The largest absolute Gasteiger partial charge is 0.455 e. The molecule has 0 saturated carbocycles. The van der Waals surface area contributed by atoms with Crippen molar-refractivity contribution in [2.24, 2.45) is 0 Å². The number of anilines is 1. The lowest BCUT2D eigenvalue weighted by atomic mass is 10.1. The summed E-state index contributed by atoms with van der Waals surface area (Å²) in [7, 11) is 0. The summed E-state index contributed by atoms with van der Waals surface area (Å²) in [4.78, 5) is 59.4. The first-order chi connectivity index (χ1) is 15.7. The van der Waals surface area contributed by atoms with E-state index >= 15 is 0 Å². The molecule has 0 amide bonds. The molecule has 1 saturated heterocycles. The van der Waals surface area contributed by atoms with Gasteiger partial charge in [-0.2, -0.15) is 0 Å². The Bertz CT molecular complexity index is 1050. The van der Waals surface area contributed by atoms with Crippen LogP contribution in [0.25, 0.3) is 11.2 Å². The van der Waals surface area contributed by atoms with Crippen molar-refractivity contribution in [3.63, 3.8) is 0 Å². The molecule has 0 aliphatic carbocycles. The minimum atomic E-state index is -1.20. The van der Waals surface area contributed by atoms with Crippen LogP contribution in [0.5, 0.6) is 0 Å². The number of fused-ring (bicyclic) bond motifs is 1. The quantitative estimate of drug-likeness (QED) is 0.445. The van der Waals surface area contributed by atoms with Crippen LogP contribution in [-0.2, 0) is 33.4 Å². The highest BCUT2D eigenvalue weighted by Crippen LogP contribution is 2.36. The number of aliphatic hydroxyl groups is 1. The topological polar surface area (TPSA) is 186 Å². The maximum absolute atomic E-state index is 12.4. The van der Waals surface area contributed by atoms with Crippen LogP contribution in [0.3, 0.4) is 0 Å². The van der Waals surface area contributed by atoms with E-state index in [1.165, 1.54) is 31.1 Å². The summed E-state index contributed by atoms with van der Waals surface area (Å²) in [5.74, 6) is -1.70. The van der Waals surface area contributed by atoms with Gasteiger partial charge in [-0.15, -0.1) is 0 Å². The Kier molecular flexibility index (Phi) is 7.66. The first-order valence-electron chi connectivity index (χ1n) is 10.3. The molecular formula is C20H25N5O8. The number of ketones is 2. The number of nitrogens with zero attached hydrogens (tertiary/aromatic N) is 4. The van der Waals surface area contributed by atoms with Crippen LogP contribution >= 0.6 is 0 Å². The van der Waals surface area contributed by atoms with Crippen LogP contribution in [0.1, 0.15) is 45.8 Å². The Hall–Kier alpha value is -3.45. The predicted molar refractivity (Wildman–Crippen MR) is 110 cm³/mol. The van der Waals surface area contributed by atoms with E-state index in [0.717, 1.165) is 0 Å². The lowest BCUT2D eigenvalue weighted by Gasteiger charge is -2.24. The van der Waals surface area contributed by atoms with Crippen molar-refractivity contribution in [2.75, 3.05) is 12.3 Å². The molecule has 13 heteroatoms. The summed E-state index contributed by atoms with van der Waals surface area (Å²) in [6.07, 6.45) is -2.34. The zero-order valence-electron chi connectivity index (χ0n) is 18.2. The number of rotatable bonds is 10. The van der Waals surface area contributed by atoms with Crippen molar-refractivity contribution in [3.8, 4) is 0 Å². The molecule has 2 aromatic heterocycles. The maximum Gasteiger partial charge on any atom is 0.306 e. The number of imidazole rings is 1. The second kappa shape index (κ2) is 10.4. The molecule has 13 nitrogen and oxygen atoms in total. The molecule has 1 fully saturated rings. The van der Waals surface area contributed by atoms with Gasteiger partial charge in [0.1, 0.15) is 29.5 Å². The summed E-state index contributed by atoms with van der Waals surface area (Å²) < 4.78 is 18.3. The van der Waals surface area contributed by atoms with Crippen molar-refractivity contribution < 1.29 is 38.5 Å². The average molecular weight is 463 g/mol. The highest BCUT2D eigenvalue weighted by molar-refractivity contribution is 5.82. The fourth-order valence-electron chi connectivity index (χ4n) is 3.38. The Morgan fingerprint density at radius 2 is 1.61 bits per heavy atom. The first kappa shape index (κ1) is 24.2. The smallest absolute Gasteiger partial charge is 0.306 e. The molecule has 0 spiro atoms. The van der Waals surface area contributed by atoms with E-state index in [0.29, 0.717) is 0 Å². The van der Waals surface area contributed by atoms with Gasteiger partial charge in [0, 0.05) is 12.8 Å². The van der Waals surface area contributed by atoms with Gasteiger partial charge in [0.25, 0.3) is 0 Å². The van der Waals surface area contributed by atoms with Crippen LogP contribution in [0, 0.1) is 0 Å². The van der Waals surface area contributed by atoms with E-state index in [-0.39, 0.29) is 54.2 Å². The molecule has 3 heterocycles. The number of nitrogens with two attached hydrogens (primary N) is 1. The molecule has 3 N–H and O–H groups in total. The zero-order valence-corrected chi connectivity index (χ0v) is 18.2. The van der Waals surface area contributed by atoms with Crippen molar-refractivity contribution >= 4 is 40.5 Å². The number of carbonyl (C=O) groups excluding carboxylic acids is 4. The first-order valence-corrected chi connectivity index (χ1v) is 10.3. The van der Waals surface area contributed by atoms with Gasteiger partial charge >= 0.3 is 11.9 Å². The van der Waals surface area contributed by atoms with Crippen LogP contribution in [0.2, 0.25) is 0 Å².